The van der Waals surface area contributed by atoms with Crippen molar-refractivity contribution in [1.82, 2.24) is 4.90 Å². The molecule has 2 aliphatic heterocycles. The number of thioether (sulfide) groups is 1. The monoisotopic (exact) mass is 567 g/mol. The van der Waals surface area contributed by atoms with Crippen LogP contribution in [0.25, 0.3) is 0 Å². The molecule has 0 bridgehead atoms. The van der Waals surface area contributed by atoms with E-state index in [1.807, 2.05) is 36.4 Å². The number of carbonyl (C=O) groups excluding carboxylic acids is 2. The summed E-state index contributed by atoms with van der Waals surface area (Å²) in [6.45, 7) is 0.466. The van der Waals surface area contributed by atoms with E-state index in [1.54, 1.807) is 42.3 Å². The van der Waals surface area contributed by atoms with Crippen molar-refractivity contribution in [3.8, 4) is 17.2 Å². The van der Waals surface area contributed by atoms with Crippen LogP contribution in [-0.4, -0.2) is 41.0 Å². The standard InChI is InChI=1S/C26H22BrN3O5S/c1-33-20-8-6-18(7-9-20)29-26-30(14-16-5-10-21-22(11-16)35-15-34-21)24(31)13-23(36-26)25(32)28-19-4-2-3-17(27)12-19/h2-12,23H,13-15H2,1H3,(H,28,32). The van der Waals surface area contributed by atoms with E-state index in [2.05, 4.69) is 21.2 Å². The van der Waals surface area contributed by atoms with E-state index in [1.165, 1.54) is 11.8 Å². The van der Waals surface area contributed by atoms with Crippen molar-refractivity contribution in [3.63, 3.8) is 0 Å². The smallest absolute Gasteiger partial charge is 0.238 e. The number of amides is 2. The molecule has 1 N–H and O–H groups in total. The zero-order valence-corrected chi connectivity index (χ0v) is 21.7. The minimum absolute atomic E-state index is 0.0523. The van der Waals surface area contributed by atoms with Gasteiger partial charge in [-0.2, -0.15) is 0 Å². The number of ether oxygens (including phenoxy) is 3. The van der Waals surface area contributed by atoms with Gasteiger partial charge in [-0.05, 0) is 60.2 Å². The summed E-state index contributed by atoms with van der Waals surface area (Å²) in [5, 5.41) is 2.73. The fourth-order valence-electron chi connectivity index (χ4n) is 3.77. The van der Waals surface area contributed by atoms with Crippen molar-refractivity contribution in [2.45, 2.75) is 18.2 Å². The van der Waals surface area contributed by atoms with Crippen molar-refractivity contribution < 1.29 is 23.8 Å². The van der Waals surface area contributed by atoms with E-state index in [0.29, 0.717) is 33.8 Å². The summed E-state index contributed by atoms with van der Waals surface area (Å²) in [7, 11) is 1.60. The molecular formula is C26H22BrN3O5S. The maximum atomic E-state index is 13.3. The minimum atomic E-state index is -0.624. The molecule has 2 amide bonds. The molecule has 0 aliphatic carbocycles. The highest BCUT2D eigenvalue weighted by Gasteiger charge is 2.36. The molecule has 1 atom stereocenters. The lowest BCUT2D eigenvalue weighted by molar-refractivity contribution is -0.129. The lowest BCUT2D eigenvalue weighted by atomic mass is 10.1. The van der Waals surface area contributed by atoms with Gasteiger partial charge < -0.3 is 19.5 Å². The Bertz CT molecular complexity index is 1330. The lowest BCUT2D eigenvalue weighted by Crippen LogP contribution is -2.44. The normalized spacial score (nSPS) is 17.8. The topological polar surface area (TPSA) is 89.5 Å². The predicted molar refractivity (Wildman–Crippen MR) is 142 cm³/mol. The number of anilines is 1. The number of amidine groups is 1. The second-order valence-corrected chi connectivity index (χ2v) is 10.2. The number of nitrogens with one attached hydrogen (secondary N) is 1. The number of hydrogen-bond donors (Lipinski definition) is 1. The van der Waals surface area contributed by atoms with Gasteiger partial charge in [0.1, 0.15) is 11.0 Å². The zero-order chi connectivity index (χ0) is 25.1. The minimum Gasteiger partial charge on any atom is -0.497 e. The van der Waals surface area contributed by atoms with Gasteiger partial charge in [-0.15, -0.1) is 0 Å². The van der Waals surface area contributed by atoms with Gasteiger partial charge >= 0.3 is 0 Å². The van der Waals surface area contributed by atoms with Crippen LogP contribution in [0.1, 0.15) is 12.0 Å². The highest BCUT2D eigenvalue weighted by molar-refractivity contribution is 9.10. The van der Waals surface area contributed by atoms with E-state index in [0.717, 1.165) is 10.0 Å². The summed E-state index contributed by atoms with van der Waals surface area (Å²) in [5.74, 6) is 1.58. The third-order valence-electron chi connectivity index (χ3n) is 5.60. The van der Waals surface area contributed by atoms with Gasteiger partial charge in [0.15, 0.2) is 16.7 Å². The summed E-state index contributed by atoms with van der Waals surface area (Å²) in [4.78, 5) is 32.7. The van der Waals surface area contributed by atoms with Gasteiger partial charge in [0.25, 0.3) is 0 Å². The van der Waals surface area contributed by atoms with Crippen molar-refractivity contribution in [2.75, 3.05) is 19.2 Å². The molecule has 5 rings (SSSR count). The lowest BCUT2D eigenvalue weighted by Gasteiger charge is -2.32. The average molecular weight is 568 g/mol. The highest BCUT2D eigenvalue weighted by Crippen LogP contribution is 2.35. The number of fused-ring (bicyclic) bond motifs is 1. The van der Waals surface area contributed by atoms with Gasteiger partial charge in [-0.25, -0.2) is 4.99 Å². The SMILES string of the molecule is COc1ccc(N=C2SC(C(=O)Nc3cccc(Br)c3)CC(=O)N2Cc2ccc3c(c2)OCO3)cc1. The van der Waals surface area contributed by atoms with Crippen LogP contribution >= 0.6 is 27.7 Å². The van der Waals surface area contributed by atoms with E-state index in [9.17, 15) is 9.59 Å². The molecule has 0 saturated carbocycles. The summed E-state index contributed by atoms with van der Waals surface area (Å²) >= 11 is 4.68. The van der Waals surface area contributed by atoms with Gasteiger partial charge in [-0.1, -0.05) is 39.8 Å². The first-order valence-corrected chi connectivity index (χ1v) is 12.8. The molecule has 8 nitrogen and oxygen atoms in total. The number of hydrogen-bond acceptors (Lipinski definition) is 7. The van der Waals surface area contributed by atoms with Crippen molar-refractivity contribution in [3.05, 3.63) is 76.8 Å². The van der Waals surface area contributed by atoms with E-state index < -0.39 is 5.25 Å². The average Bonchev–Trinajstić information content (AvgIpc) is 3.34. The van der Waals surface area contributed by atoms with Crippen LogP contribution in [0.5, 0.6) is 17.2 Å². The first kappa shape index (κ1) is 24.2. The largest absolute Gasteiger partial charge is 0.497 e. The Labute approximate surface area is 220 Å². The molecule has 0 radical (unpaired) electrons. The Hall–Kier alpha value is -3.50. The quantitative estimate of drug-likeness (QED) is 0.432. The number of carbonyl (C=O) groups is 2. The Balaban J connectivity index is 1.41. The van der Waals surface area contributed by atoms with Gasteiger partial charge in [-0.3, -0.25) is 14.5 Å². The molecule has 3 aromatic carbocycles. The third kappa shape index (κ3) is 5.50. The van der Waals surface area contributed by atoms with Gasteiger partial charge in [0, 0.05) is 16.6 Å². The summed E-state index contributed by atoms with van der Waals surface area (Å²) < 4.78 is 17.0. The predicted octanol–water partition coefficient (Wildman–Crippen LogP) is 5.35. The van der Waals surface area contributed by atoms with E-state index >= 15 is 0 Å². The fourth-order valence-corrected chi connectivity index (χ4v) is 5.27. The number of aliphatic imine (C=N–C) groups is 1. The molecule has 10 heteroatoms. The molecule has 1 saturated heterocycles. The number of rotatable bonds is 6. The van der Waals surface area contributed by atoms with Crippen LogP contribution in [0.15, 0.2) is 76.2 Å². The summed E-state index contributed by atoms with van der Waals surface area (Å²) in [6.07, 6.45) is 0.0523. The number of benzene rings is 3. The molecule has 1 unspecified atom stereocenters. The summed E-state index contributed by atoms with van der Waals surface area (Å²) in [5.41, 5.74) is 2.17. The second kappa shape index (κ2) is 10.6. The maximum Gasteiger partial charge on any atom is 0.238 e. The van der Waals surface area contributed by atoms with Crippen LogP contribution in [0.3, 0.4) is 0 Å². The maximum absolute atomic E-state index is 13.3. The van der Waals surface area contributed by atoms with Crippen LogP contribution in [0.2, 0.25) is 0 Å². The first-order chi connectivity index (χ1) is 17.5. The molecule has 1 fully saturated rings. The Morgan fingerprint density at radius 3 is 2.72 bits per heavy atom. The van der Waals surface area contributed by atoms with Crippen LogP contribution in [-0.2, 0) is 16.1 Å². The Kier molecular flexibility index (Phi) is 7.15. The van der Waals surface area contributed by atoms with Gasteiger partial charge in [0.05, 0.1) is 19.3 Å². The molecular weight excluding hydrogens is 546 g/mol. The summed E-state index contributed by atoms with van der Waals surface area (Å²) in [6, 6.07) is 20.1. The van der Waals surface area contributed by atoms with E-state index in [-0.39, 0.29) is 31.6 Å². The molecule has 3 aromatic rings. The van der Waals surface area contributed by atoms with Crippen molar-refractivity contribution in [1.29, 1.82) is 0 Å². The second-order valence-electron chi connectivity index (χ2n) is 8.07. The molecule has 36 heavy (non-hydrogen) atoms. The van der Waals surface area contributed by atoms with Crippen LogP contribution < -0.4 is 19.5 Å². The highest BCUT2D eigenvalue weighted by atomic mass is 79.9. The first-order valence-electron chi connectivity index (χ1n) is 11.1. The van der Waals surface area contributed by atoms with Crippen molar-refractivity contribution in [2.24, 2.45) is 4.99 Å². The number of halogens is 1. The van der Waals surface area contributed by atoms with Crippen LogP contribution in [0, 0.1) is 0 Å². The fraction of sp³-hybridized carbons (Fsp3) is 0.192. The molecule has 184 valence electrons. The molecule has 2 heterocycles. The number of methoxy groups -OCH3 is 1. The third-order valence-corrected chi connectivity index (χ3v) is 7.28. The Morgan fingerprint density at radius 2 is 1.94 bits per heavy atom. The van der Waals surface area contributed by atoms with Crippen molar-refractivity contribution >= 4 is 56.0 Å². The van der Waals surface area contributed by atoms with Gasteiger partial charge in [0.2, 0.25) is 18.6 Å². The van der Waals surface area contributed by atoms with E-state index in [4.69, 9.17) is 19.2 Å². The molecule has 0 spiro atoms. The van der Waals surface area contributed by atoms with Crippen LogP contribution in [0.4, 0.5) is 11.4 Å². The molecule has 2 aliphatic rings. The zero-order valence-electron chi connectivity index (χ0n) is 19.3. The molecule has 0 aromatic heterocycles. The Morgan fingerprint density at radius 1 is 1.14 bits per heavy atom. The number of nitrogens with zero attached hydrogens (tertiary/aromatic N) is 2.